The Morgan fingerprint density at radius 2 is 1.41 bits per heavy atom. The number of benzene rings is 4. The first-order chi connectivity index (χ1) is 18.5. The summed E-state index contributed by atoms with van der Waals surface area (Å²) < 4.78 is 40.3. The van der Waals surface area contributed by atoms with Gasteiger partial charge >= 0.3 is 13.3 Å². The summed E-state index contributed by atoms with van der Waals surface area (Å²) in [4.78, 5) is 32.7. The SMILES string of the molecule is O=C(c1ccccc1)C(CC=Cc1ccccc1)(Cc1ccc(C(F)(F)P(=O)(O)O)c(Br)c1)c1ccccc1. The summed E-state index contributed by atoms with van der Waals surface area (Å²) in [6.07, 6.45) is 4.35. The van der Waals surface area contributed by atoms with Gasteiger partial charge in [0.05, 0.1) is 5.41 Å². The van der Waals surface area contributed by atoms with Crippen molar-refractivity contribution < 1.29 is 27.9 Å². The smallest absolute Gasteiger partial charge is 0.320 e. The number of alkyl halides is 2. The lowest BCUT2D eigenvalue weighted by Crippen LogP contribution is -2.38. The third kappa shape index (κ3) is 6.34. The first kappa shape index (κ1) is 28.8. The third-order valence-electron chi connectivity index (χ3n) is 6.60. The highest BCUT2D eigenvalue weighted by Gasteiger charge is 2.51. The monoisotopic (exact) mass is 610 g/mol. The highest BCUT2D eigenvalue weighted by atomic mass is 79.9. The first-order valence-corrected chi connectivity index (χ1v) is 14.5. The molecule has 200 valence electrons. The van der Waals surface area contributed by atoms with Crippen molar-refractivity contribution in [3.05, 3.63) is 148 Å². The Balaban J connectivity index is 1.83. The van der Waals surface area contributed by atoms with E-state index in [-0.39, 0.29) is 16.7 Å². The van der Waals surface area contributed by atoms with Gasteiger partial charge in [-0.05, 0) is 35.6 Å². The van der Waals surface area contributed by atoms with Crippen LogP contribution in [-0.4, -0.2) is 15.6 Å². The van der Waals surface area contributed by atoms with Crippen LogP contribution in [0.5, 0.6) is 0 Å². The van der Waals surface area contributed by atoms with Crippen molar-refractivity contribution in [1.29, 1.82) is 0 Å². The molecule has 0 aliphatic carbocycles. The maximum atomic E-state index is 14.5. The van der Waals surface area contributed by atoms with Gasteiger partial charge in [-0.2, -0.15) is 8.78 Å². The Labute approximate surface area is 234 Å². The standard InChI is InChI=1S/C31H26BrF2O4P/c32-28-21-24(18-19-27(28)31(33,34)39(36,37)38)22-30(26-16-8-3-9-17-26,29(35)25-14-6-2-7-15-25)20-10-13-23-11-4-1-5-12-23/h1-19,21H,20,22H2,(H2,36,37,38). The van der Waals surface area contributed by atoms with E-state index in [1.165, 1.54) is 12.1 Å². The van der Waals surface area contributed by atoms with Crippen molar-refractivity contribution in [2.75, 3.05) is 0 Å². The molecule has 39 heavy (non-hydrogen) atoms. The number of ketones is 1. The van der Waals surface area contributed by atoms with E-state index >= 15 is 0 Å². The van der Waals surface area contributed by atoms with Crippen LogP contribution in [0.3, 0.4) is 0 Å². The van der Waals surface area contributed by atoms with Crippen LogP contribution in [-0.2, 0) is 22.1 Å². The van der Waals surface area contributed by atoms with Crippen LogP contribution in [0.25, 0.3) is 6.08 Å². The fourth-order valence-electron chi connectivity index (χ4n) is 4.60. The molecule has 0 radical (unpaired) electrons. The number of hydrogen-bond acceptors (Lipinski definition) is 2. The molecule has 1 unspecified atom stereocenters. The predicted molar refractivity (Wildman–Crippen MR) is 153 cm³/mol. The molecule has 0 saturated carbocycles. The lowest BCUT2D eigenvalue weighted by Gasteiger charge is -2.33. The zero-order valence-corrected chi connectivity index (χ0v) is 23.2. The molecule has 0 amide bonds. The van der Waals surface area contributed by atoms with Crippen molar-refractivity contribution in [2.24, 2.45) is 0 Å². The number of hydrogen-bond donors (Lipinski definition) is 2. The number of carbonyl (C=O) groups is 1. The van der Waals surface area contributed by atoms with Gasteiger partial charge in [0.1, 0.15) is 0 Å². The number of halogens is 3. The lowest BCUT2D eigenvalue weighted by atomic mass is 9.68. The van der Waals surface area contributed by atoms with Gasteiger partial charge in [0.15, 0.2) is 5.78 Å². The molecule has 0 spiro atoms. The molecule has 0 aromatic heterocycles. The van der Waals surface area contributed by atoms with E-state index in [9.17, 15) is 27.9 Å². The second-order valence-electron chi connectivity index (χ2n) is 9.24. The molecule has 4 nitrogen and oxygen atoms in total. The second kappa shape index (κ2) is 11.9. The average molecular weight is 611 g/mol. The average Bonchev–Trinajstić information content (AvgIpc) is 2.93. The molecule has 4 rings (SSSR count). The molecule has 0 aliphatic heterocycles. The number of rotatable bonds is 10. The minimum absolute atomic E-state index is 0.132. The largest absolute Gasteiger partial charge is 0.399 e. The van der Waals surface area contributed by atoms with Crippen LogP contribution in [0.1, 0.15) is 39.0 Å². The Bertz CT molecular complexity index is 1510. The van der Waals surface area contributed by atoms with E-state index in [4.69, 9.17) is 0 Å². The fraction of sp³-hybridized carbons (Fsp3) is 0.129. The van der Waals surface area contributed by atoms with Crippen molar-refractivity contribution in [3.8, 4) is 0 Å². The van der Waals surface area contributed by atoms with E-state index in [0.717, 1.165) is 17.2 Å². The molecule has 0 heterocycles. The summed E-state index contributed by atoms with van der Waals surface area (Å²) in [6.45, 7) is 0. The van der Waals surface area contributed by atoms with E-state index in [1.807, 2.05) is 78.9 Å². The van der Waals surface area contributed by atoms with Crippen LogP contribution < -0.4 is 0 Å². The molecule has 2 N–H and O–H groups in total. The molecule has 0 fully saturated rings. The van der Waals surface area contributed by atoms with E-state index in [1.54, 1.807) is 24.3 Å². The molecule has 0 aliphatic rings. The van der Waals surface area contributed by atoms with Gasteiger partial charge in [-0.3, -0.25) is 9.36 Å². The molecule has 4 aromatic carbocycles. The Hall–Kier alpha value is -3.22. The summed E-state index contributed by atoms with van der Waals surface area (Å²) in [5.74, 6) is -0.132. The van der Waals surface area contributed by atoms with Gasteiger partial charge in [0.25, 0.3) is 0 Å². The normalized spacial score (nSPS) is 13.8. The Kier molecular flexibility index (Phi) is 8.77. The Morgan fingerprint density at radius 3 is 1.97 bits per heavy atom. The highest BCUT2D eigenvalue weighted by Crippen LogP contribution is 2.60. The molecule has 0 saturated heterocycles. The zero-order valence-electron chi connectivity index (χ0n) is 20.8. The van der Waals surface area contributed by atoms with Crippen molar-refractivity contribution in [1.82, 2.24) is 0 Å². The maximum absolute atomic E-state index is 14.5. The predicted octanol–water partition coefficient (Wildman–Crippen LogP) is 8.14. The minimum atomic E-state index is -5.75. The molecule has 4 aromatic rings. The summed E-state index contributed by atoms with van der Waals surface area (Å²) in [5.41, 5.74) is -3.48. The quantitative estimate of drug-likeness (QED) is 0.140. The third-order valence-corrected chi connectivity index (χ3v) is 8.23. The van der Waals surface area contributed by atoms with Crippen molar-refractivity contribution in [3.63, 3.8) is 0 Å². The molecule has 1 atom stereocenters. The maximum Gasteiger partial charge on any atom is 0.399 e. The van der Waals surface area contributed by atoms with Crippen LogP contribution >= 0.6 is 23.5 Å². The topological polar surface area (TPSA) is 74.6 Å². The van der Waals surface area contributed by atoms with Gasteiger partial charge in [-0.25, -0.2) is 0 Å². The van der Waals surface area contributed by atoms with Crippen LogP contribution in [0.15, 0.2) is 120 Å². The van der Waals surface area contributed by atoms with E-state index in [0.29, 0.717) is 17.5 Å². The zero-order chi connectivity index (χ0) is 28.1. The number of Topliss-reactive ketones (excluding diaryl/α,β-unsaturated/α-hetero) is 1. The first-order valence-electron chi connectivity index (χ1n) is 12.1. The van der Waals surface area contributed by atoms with Gasteiger partial charge in [0.2, 0.25) is 0 Å². The fourth-order valence-corrected chi connectivity index (χ4v) is 5.93. The van der Waals surface area contributed by atoms with Gasteiger partial charge in [0, 0.05) is 15.6 Å². The summed E-state index contributed by atoms with van der Waals surface area (Å²) in [7, 11) is -5.75. The molecule has 8 heteroatoms. The number of carbonyl (C=O) groups excluding carboxylic acids is 1. The van der Waals surface area contributed by atoms with Gasteiger partial charge in [-0.1, -0.05) is 131 Å². The molecule has 0 bridgehead atoms. The molecular formula is C31H26BrF2O4P. The summed E-state index contributed by atoms with van der Waals surface area (Å²) >= 11 is 3.08. The van der Waals surface area contributed by atoms with Crippen molar-refractivity contribution in [2.45, 2.75) is 23.9 Å². The summed E-state index contributed by atoms with van der Waals surface area (Å²) in [6, 6.07) is 31.7. The summed E-state index contributed by atoms with van der Waals surface area (Å²) in [5, 5.41) is 0. The number of allylic oxidation sites excluding steroid dienone is 1. The van der Waals surface area contributed by atoms with E-state index in [2.05, 4.69) is 15.9 Å². The van der Waals surface area contributed by atoms with Gasteiger partial charge < -0.3 is 9.79 Å². The van der Waals surface area contributed by atoms with Gasteiger partial charge in [-0.15, -0.1) is 0 Å². The molecular weight excluding hydrogens is 585 g/mol. The van der Waals surface area contributed by atoms with Crippen LogP contribution in [0.2, 0.25) is 0 Å². The Morgan fingerprint density at radius 1 is 0.846 bits per heavy atom. The lowest BCUT2D eigenvalue weighted by molar-refractivity contribution is 0.0557. The van der Waals surface area contributed by atoms with Crippen molar-refractivity contribution >= 4 is 35.4 Å². The van der Waals surface area contributed by atoms with Crippen LogP contribution in [0, 0.1) is 0 Å². The minimum Gasteiger partial charge on any atom is -0.320 e. The van der Waals surface area contributed by atoms with E-state index < -0.39 is 24.2 Å². The highest BCUT2D eigenvalue weighted by molar-refractivity contribution is 9.10. The second-order valence-corrected chi connectivity index (χ2v) is 11.7. The van der Waals surface area contributed by atoms with Crippen LogP contribution in [0.4, 0.5) is 8.78 Å².